The molecule has 2 heterocycles. The van der Waals surface area contributed by atoms with Gasteiger partial charge in [-0.25, -0.2) is 4.98 Å². The number of aromatic nitrogens is 4. The number of H-pyrrole nitrogens is 1. The van der Waals surface area contributed by atoms with E-state index in [1.165, 1.54) is 0 Å². The van der Waals surface area contributed by atoms with Crippen LogP contribution in [0.5, 0.6) is 0 Å². The van der Waals surface area contributed by atoms with Crippen molar-refractivity contribution in [2.75, 3.05) is 7.05 Å². The number of nitrogens with one attached hydrogen (secondary N) is 1. The van der Waals surface area contributed by atoms with Gasteiger partial charge in [-0.3, -0.25) is 4.79 Å². The molecule has 2 aromatic heterocycles. The fourth-order valence-corrected chi connectivity index (χ4v) is 2.39. The molecule has 1 amide bonds. The standard InChI is InChI=1S/C11H15N5OS/c1-7(2)9-10(18-15-14-9)11(17)16(3)6-8-12-4-5-13-8/h4-5,7H,6H2,1-3H3,(H,12,13). The SMILES string of the molecule is CC(C)c1nnsc1C(=O)N(C)Cc1ncc[nH]1. The highest BCUT2D eigenvalue weighted by molar-refractivity contribution is 7.08. The van der Waals surface area contributed by atoms with E-state index in [0.29, 0.717) is 11.4 Å². The molecular weight excluding hydrogens is 250 g/mol. The zero-order valence-corrected chi connectivity index (χ0v) is 11.4. The van der Waals surface area contributed by atoms with E-state index in [-0.39, 0.29) is 11.8 Å². The molecule has 0 saturated carbocycles. The Bertz CT molecular complexity index is 519. The van der Waals surface area contributed by atoms with Gasteiger partial charge in [0, 0.05) is 19.4 Å². The van der Waals surface area contributed by atoms with Gasteiger partial charge >= 0.3 is 0 Å². The van der Waals surface area contributed by atoms with Crippen molar-refractivity contribution in [3.8, 4) is 0 Å². The first-order valence-electron chi connectivity index (χ1n) is 5.65. The number of rotatable bonds is 4. The average Bonchev–Trinajstić information content (AvgIpc) is 2.97. The molecule has 0 aromatic carbocycles. The highest BCUT2D eigenvalue weighted by Crippen LogP contribution is 2.21. The second kappa shape index (κ2) is 5.26. The number of amides is 1. The molecule has 96 valence electrons. The van der Waals surface area contributed by atoms with Gasteiger partial charge in [0.25, 0.3) is 5.91 Å². The van der Waals surface area contributed by atoms with E-state index in [1.54, 1.807) is 24.3 Å². The summed E-state index contributed by atoms with van der Waals surface area (Å²) in [5, 5.41) is 4.01. The summed E-state index contributed by atoms with van der Waals surface area (Å²) in [7, 11) is 1.74. The maximum Gasteiger partial charge on any atom is 0.267 e. The summed E-state index contributed by atoms with van der Waals surface area (Å²) in [6, 6.07) is 0. The number of aromatic amines is 1. The third-order valence-electron chi connectivity index (χ3n) is 2.54. The molecule has 0 radical (unpaired) electrons. The molecule has 0 saturated heterocycles. The first kappa shape index (κ1) is 12.7. The minimum Gasteiger partial charge on any atom is -0.347 e. The van der Waals surface area contributed by atoms with Crippen molar-refractivity contribution in [2.24, 2.45) is 0 Å². The molecule has 0 bridgehead atoms. The highest BCUT2D eigenvalue weighted by atomic mass is 32.1. The van der Waals surface area contributed by atoms with Gasteiger partial charge in [-0.1, -0.05) is 18.3 Å². The van der Waals surface area contributed by atoms with Gasteiger partial charge in [-0.15, -0.1) is 5.10 Å². The molecule has 6 nitrogen and oxygen atoms in total. The molecule has 18 heavy (non-hydrogen) atoms. The van der Waals surface area contributed by atoms with Crippen LogP contribution in [0.2, 0.25) is 0 Å². The molecule has 2 aromatic rings. The molecule has 0 unspecified atom stereocenters. The second-order valence-corrected chi connectivity index (χ2v) is 5.09. The first-order chi connectivity index (χ1) is 8.59. The van der Waals surface area contributed by atoms with Crippen LogP contribution < -0.4 is 0 Å². The Kier molecular flexibility index (Phi) is 3.71. The highest BCUT2D eigenvalue weighted by Gasteiger charge is 2.22. The largest absolute Gasteiger partial charge is 0.347 e. The minimum atomic E-state index is -0.0647. The third-order valence-corrected chi connectivity index (χ3v) is 3.27. The van der Waals surface area contributed by atoms with E-state index in [1.807, 2.05) is 13.8 Å². The summed E-state index contributed by atoms with van der Waals surface area (Å²) < 4.78 is 3.86. The van der Waals surface area contributed by atoms with Gasteiger partial charge in [-0.2, -0.15) is 0 Å². The number of carbonyl (C=O) groups excluding carboxylic acids is 1. The Labute approximate surface area is 109 Å². The number of hydrogen-bond acceptors (Lipinski definition) is 5. The number of nitrogens with zero attached hydrogens (tertiary/aromatic N) is 4. The number of hydrogen-bond donors (Lipinski definition) is 1. The molecule has 0 aliphatic rings. The Morgan fingerprint density at radius 1 is 1.56 bits per heavy atom. The Balaban J connectivity index is 2.13. The maximum atomic E-state index is 12.3. The maximum absolute atomic E-state index is 12.3. The van der Waals surface area contributed by atoms with Gasteiger partial charge in [-0.05, 0) is 17.5 Å². The van der Waals surface area contributed by atoms with Crippen LogP contribution in [0.25, 0.3) is 0 Å². The van der Waals surface area contributed by atoms with Crippen LogP contribution in [-0.4, -0.2) is 37.4 Å². The van der Waals surface area contributed by atoms with Crippen LogP contribution in [-0.2, 0) is 6.54 Å². The summed E-state index contributed by atoms with van der Waals surface area (Å²) in [6.07, 6.45) is 3.41. The Hall–Kier alpha value is -1.76. The van der Waals surface area contributed by atoms with Gasteiger partial charge in [0.15, 0.2) is 0 Å². The molecule has 0 aliphatic carbocycles. The fraction of sp³-hybridized carbons (Fsp3) is 0.455. The normalized spacial score (nSPS) is 10.9. The summed E-state index contributed by atoms with van der Waals surface area (Å²) in [6.45, 7) is 4.45. The van der Waals surface area contributed by atoms with Crippen LogP contribution in [0.3, 0.4) is 0 Å². The summed E-state index contributed by atoms with van der Waals surface area (Å²) in [5.74, 6) is 0.888. The van der Waals surface area contributed by atoms with Crippen LogP contribution in [0.1, 0.15) is 41.0 Å². The zero-order valence-electron chi connectivity index (χ0n) is 10.5. The van der Waals surface area contributed by atoms with Crippen LogP contribution in [0, 0.1) is 0 Å². The lowest BCUT2D eigenvalue weighted by atomic mass is 10.1. The number of carbonyl (C=O) groups is 1. The topological polar surface area (TPSA) is 74.8 Å². The quantitative estimate of drug-likeness (QED) is 0.912. The van der Waals surface area contributed by atoms with E-state index in [9.17, 15) is 4.79 Å². The van der Waals surface area contributed by atoms with Crippen molar-refractivity contribution in [1.29, 1.82) is 0 Å². The number of imidazole rings is 1. The van der Waals surface area contributed by atoms with E-state index in [4.69, 9.17) is 0 Å². The summed E-state index contributed by atoms with van der Waals surface area (Å²) in [5.41, 5.74) is 0.760. The lowest BCUT2D eigenvalue weighted by Crippen LogP contribution is -2.27. The van der Waals surface area contributed by atoms with E-state index < -0.39 is 0 Å². The lowest BCUT2D eigenvalue weighted by molar-refractivity contribution is 0.0785. The van der Waals surface area contributed by atoms with Crippen LogP contribution in [0.15, 0.2) is 12.4 Å². The molecular formula is C11H15N5OS. The van der Waals surface area contributed by atoms with Gasteiger partial charge in [0.05, 0.1) is 12.2 Å². The molecule has 0 spiro atoms. The molecule has 0 fully saturated rings. The zero-order chi connectivity index (χ0) is 13.1. The molecule has 1 N–H and O–H groups in total. The predicted octanol–water partition coefficient (Wildman–Crippen LogP) is 1.66. The van der Waals surface area contributed by atoms with Crippen molar-refractivity contribution in [3.05, 3.63) is 28.8 Å². The average molecular weight is 265 g/mol. The monoisotopic (exact) mass is 265 g/mol. The molecule has 7 heteroatoms. The van der Waals surface area contributed by atoms with Crippen LogP contribution in [0.4, 0.5) is 0 Å². The summed E-state index contributed by atoms with van der Waals surface area (Å²) >= 11 is 1.14. The first-order valence-corrected chi connectivity index (χ1v) is 6.43. The lowest BCUT2D eigenvalue weighted by Gasteiger charge is -2.15. The van der Waals surface area contributed by atoms with Crippen molar-refractivity contribution < 1.29 is 4.79 Å². The van der Waals surface area contributed by atoms with E-state index in [0.717, 1.165) is 23.1 Å². The predicted molar refractivity (Wildman–Crippen MR) is 68.4 cm³/mol. The smallest absolute Gasteiger partial charge is 0.267 e. The fourth-order valence-electron chi connectivity index (χ4n) is 1.58. The van der Waals surface area contributed by atoms with E-state index >= 15 is 0 Å². The van der Waals surface area contributed by atoms with E-state index in [2.05, 4.69) is 19.6 Å². The van der Waals surface area contributed by atoms with Crippen molar-refractivity contribution in [2.45, 2.75) is 26.3 Å². The summed E-state index contributed by atoms with van der Waals surface area (Å²) in [4.78, 5) is 21.6. The third kappa shape index (κ3) is 2.56. The Morgan fingerprint density at radius 3 is 2.94 bits per heavy atom. The van der Waals surface area contributed by atoms with Gasteiger partial charge in [0.1, 0.15) is 10.7 Å². The van der Waals surface area contributed by atoms with Gasteiger partial charge < -0.3 is 9.88 Å². The van der Waals surface area contributed by atoms with Crippen molar-refractivity contribution in [1.82, 2.24) is 24.5 Å². The minimum absolute atomic E-state index is 0.0647. The van der Waals surface area contributed by atoms with Gasteiger partial charge in [0.2, 0.25) is 0 Å². The van der Waals surface area contributed by atoms with Crippen LogP contribution >= 0.6 is 11.5 Å². The Morgan fingerprint density at radius 2 is 2.33 bits per heavy atom. The van der Waals surface area contributed by atoms with Crippen molar-refractivity contribution >= 4 is 17.4 Å². The second-order valence-electron chi connectivity index (χ2n) is 4.34. The molecule has 2 rings (SSSR count). The molecule has 0 aliphatic heterocycles. The van der Waals surface area contributed by atoms with Crippen molar-refractivity contribution in [3.63, 3.8) is 0 Å². The molecule has 0 atom stereocenters.